The van der Waals surface area contributed by atoms with Gasteiger partial charge in [-0.15, -0.1) is 24.0 Å². The molecule has 0 saturated carbocycles. The number of para-hydroxylation sites is 1. The van der Waals surface area contributed by atoms with Gasteiger partial charge in [0.25, 0.3) is 0 Å². The first-order chi connectivity index (χ1) is 11.2. The molecule has 2 fully saturated rings. The molecule has 0 aromatic heterocycles. The first kappa shape index (κ1) is 19.3. The summed E-state index contributed by atoms with van der Waals surface area (Å²) in [5, 5.41) is 6.97. The Morgan fingerprint density at radius 2 is 2.08 bits per heavy atom. The quantitative estimate of drug-likeness (QED) is 0.417. The summed E-state index contributed by atoms with van der Waals surface area (Å²) in [6.07, 6.45) is 4.31. The van der Waals surface area contributed by atoms with Crippen molar-refractivity contribution in [1.29, 1.82) is 0 Å². The number of hydrogen-bond donors (Lipinski definition) is 2. The molecule has 4 atom stereocenters. The molecule has 0 spiro atoms. The van der Waals surface area contributed by atoms with Gasteiger partial charge in [0, 0.05) is 32.4 Å². The van der Waals surface area contributed by atoms with Crippen LogP contribution in [0, 0.1) is 0 Å². The second-order valence-electron chi connectivity index (χ2n) is 6.61. The number of aliphatic imine (C=N–C) groups is 1. The summed E-state index contributed by atoms with van der Waals surface area (Å²) in [5.41, 5.74) is 1.23. The molecule has 2 saturated heterocycles. The van der Waals surface area contributed by atoms with E-state index in [9.17, 15) is 0 Å². The molecule has 1 aromatic carbocycles. The minimum absolute atomic E-state index is 0. The Morgan fingerprint density at radius 1 is 1.33 bits per heavy atom. The van der Waals surface area contributed by atoms with Crippen molar-refractivity contribution in [3.63, 3.8) is 0 Å². The Morgan fingerprint density at radius 3 is 2.67 bits per heavy atom. The summed E-state index contributed by atoms with van der Waals surface area (Å²) < 4.78 is 5.90. The molecule has 2 aliphatic rings. The van der Waals surface area contributed by atoms with E-state index in [-0.39, 0.29) is 24.0 Å². The minimum atomic E-state index is 0. The maximum atomic E-state index is 5.90. The lowest BCUT2D eigenvalue weighted by molar-refractivity contribution is 0.0992. The summed E-state index contributed by atoms with van der Waals surface area (Å²) >= 11 is 0. The van der Waals surface area contributed by atoms with E-state index < -0.39 is 0 Å². The zero-order valence-corrected chi connectivity index (χ0v) is 17.1. The average molecular weight is 444 g/mol. The molecular formula is C18H29IN4O. The molecular weight excluding hydrogens is 415 g/mol. The molecule has 0 aliphatic carbocycles. The topological polar surface area (TPSA) is 48.9 Å². The van der Waals surface area contributed by atoms with E-state index in [0.29, 0.717) is 24.3 Å². The first-order valence-electron chi connectivity index (χ1n) is 8.58. The number of guanidine groups is 1. The zero-order valence-electron chi connectivity index (χ0n) is 14.7. The fraction of sp³-hybridized carbons (Fsp3) is 0.611. The lowest BCUT2D eigenvalue weighted by atomic mass is 9.96. The van der Waals surface area contributed by atoms with Crippen molar-refractivity contribution in [2.24, 2.45) is 4.99 Å². The van der Waals surface area contributed by atoms with Crippen LogP contribution in [-0.2, 0) is 4.74 Å². The highest BCUT2D eigenvalue weighted by atomic mass is 127. The SMILES string of the molecule is CN=C(NCC(C)N(C)c1ccccc1)NC1CC2CCC1O2.I. The molecule has 2 N–H and O–H groups in total. The van der Waals surface area contributed by atoms with Gasteiger partial charge in [-0.2, -0.15) is 0 Å². The molecule has 5 nitrogen and oxygen atoms in total. The largest absolute Gasteiger partial charge is 0.373 e. The Bertz CT molecular complexity index is 539. The van der Waals surface area contributed by atoms with Crippen LogP contribution >= 0.6 is 24.0 Å². The van der Waals surface area contributed by atoms with Crippen molar-refractivity contribution < 1.29 is 4.74 Å². The van der Waals surface area contributed by atoms with E-state index in [4.69, 9.17) is 4.74 Å². The van der Waals surface area contributed by atoms with E-state index >= 15 is 0 Å². The Kier molecular flexibility index (Phi) is 7.16. The summed E-state index contributed by atoms with van der Waals surface area (Å²) in [5.74, 6) is 0.875. The van der Waals surface area contributed by atoms with Crippen molar-refractivity contribution in [2.45, 2.75) is 50.5 Å². The Balaban J connectivity index is 0.00000208. The Labute approximate surface area is 162 Å². The second kappa shape index (κ2) is 8.89. The molecule has 2 bridgehead atoms. The molecule has 3 rings (SSSR count). The van der Waals surface area contributed by atoms with Crippen molar-refractivity contribution in [2.75, 3.05) is 25.5 Å². The van der Waals surface area contributed by atoms with Gasteiger partial charge in [-0.05, 0) is 38.3 Å². The van der Waals surface area contributed by atoms with Gasteiger partial charge in [0.2, 0.25) is 0 Å². The Hall–Kier alpha value is -1.02. The van der Waals surface area contributed by atoms with Crippen molar-refractivity contribution in [1.82, 2.24) is 10.6 Å². The van der Waals surface area contributed by atoms with Gasteiger partial charge in [0.05, 0.1) is 18.2 Å². The lowest BCUT2D eigenvalue weighted by Gasteiger charge is -2.29. The van der Waals surface area contributed by atoms with Crippen LogP contribution in [0.25, 0.3) is 0 Å². The molecule has 134 valence electrons. The van der Waals surface area contributed by atoms with Crippen LogP contribution in [0.5, 0.6) is 0 Å². The number of nitrogens with one attached hydrogen (secondary N) is 2. The van der Waals surface area contributed by atoms with Crippen molar-refractivity contribution in [3.05, 3.63) is 30.3 Å². The van der Waals surface area contributed by atoms with E-state index in [1.807, 2.05) is 13.1 Å². The van der Waals surface area contributed by atoms with Crippen LogP contribution in [-0.4, -0.2) is 50.9 Å². The van der Waals surface area contributed by atoms with Gasteiger partial charge < -0.3 is 20.3 Å². The number of rotatable bonds is 5. The average Bonchev–Trinajstić information content (AvgIpc) is 3.21. The second-order valence-corrected chi connectivity index (χ2v) is 6.61. The fourth-order valence-corrected chi connectivity index (χ4v) is 3.46. The molecule has 6 heteroatoms. The smallest absolute Gasteiger partial charge is 0.191 e. The highest BCUT2D eigenvalue weighted by Gasteiger charge is 2.41. The van der Waals surface area contributed by atoms with Crippen molar-refractivity contribution >= 4 is 35.6 Å². The molecule has 2 heterocycles. The van der Waals surface area contributed by atoms with Crippen LogP contribution in [0.15, 0.2) is 35.3 Å². The minimum Gasteiger partial charge on any atom is -0.373 e. The molecule has 1 aromatic rings. The number of likely N-dealkylation sites (N-methyl/N-ethyl adjacent to an activating group) is 1. The predicted octanol–water partition coefficient (Wildman–Crippen LogP) is 2.61. The number of benzene rings is 1. The summed E-state index contributed by atoms with van der Waals surface area (Å²) in [6, 6.07) is 11.2. The van der Waals surface area contributed by atoms with Gasteiger partial charge in [0.15, 0.2) is 5.96 Å². The van der Waals surface area contributed by atoms with Crippen LogP contribution < -0.4 is 15.5 Å². The molecule has 2 aliphatic heterocycles. The van der Waals surface area contributed by atoms with E-state index in [1.165, 1.54) is 18.5 Å². The van der Waals surface area contributed by atoms with Crippen LogP contribution in [0.3, 0.4) is 0 Å². The number of hydrogen-bond acceptors (Lipinski definition) is 3. The third kappa shape index (κ3) is 4.53. The van der Waals surface area contributed by atoms with Crippen LogP contribution in [0.4, 0.5) is 5.69 Å². The summed E-state index contributed by atoms with van der Waals surface area (Å²) in [4.78, 5) is 6.64. The highest BCUT2D eigenvalue weighted by Crippen LogP contribution is 2.34. The van der Waals surface area contributed by atoms with Gasteiger partial charge >= 0.3 is 0 Å². The summed E-state index contributed by atoms with van der Waals surface area (Å²) in [6.45, 7) is 3.06. The lowest BCUT2D eigenvalue weighted by Crippen LogP contribution is -2.50. The number of nitrogens with zero attached hydrogens (tertiary/aromatic N) is 2. The van der Waals surface area contributed by atoms with Gasteiger partial charge in [-0.3, -0.25) is 4.99 Å². The predicted molar refractivity (Wildman–Crippen MR) is 111 cm³/mol. The van der Waals surface area contributed by atoms with E-state index in [1.54, 1.807) is 0 Å². The highest BCUT2D eigenvalue weighted by molar-refractivity contribution is 14.0. The van der Waals surface area contributed by atoms with Crippen LogP contribution in [0.2, 0.25) is 0 Å². The maximum Gasteiger partial charge on any atom is 0.191 e. The number of anilines is 1. The van der Waals surface area contributed by atoms with Crippen molar-refractivity contribution in [3.8, 4) is 0 Å². The number of halogens is 1. The summed E-state index contributed by atoms with van der Waals surface area (Å²) in [7, 11) is 3.95. The fourth-order valence-electron chi connectivity index (χ4n) is 3.46. The maximum absolute atomic E-state index is 5.90. The van der Waals surface area contributed by atoms with Gasteiger partial charge in [0.1, 0.15) is 0 Å². The van der Waals surface area contributed by atoms with E-state index in [0.717, 1.165) is 18.9 Å². The molecule has 24 heavy (non-hydrogen) atoms. The van der Waals surface area contributed by atoms with Gasteiger partial charge in [-0.1, -0.05) is 18.2 Å². The van der Waals surface area contributed by atoms with E-state index in [2.05, 4.69) is 58.8 Å². The normalized spacial score (nSPS) is 26.6. The third-order valence-corrected chi connectivity index (χ3v) is 5.04. The molecule has 4 unspecified atom stereocenters. The third-order valence-electron chi connectivity index (χ3n) is 5.04. The first-order valence-corrected chi connectivity index (χ1v) is 8.58. The molecule has 0 radical (unpaired) electrons. The van der Waals surface area contributed by atoms with Gasteiger partial charge in [-0.25, -0.2) is 0 Å². The number of fused-ring (bicyclic) bond motifs is 2. The number of ether oxygens (including phenoxy) is 1. The van der Waals surface area contributed by atoms with Crippen LogP contribution in [0.1, 0.15) is 26.2 Å². The monoisotopic (exact) mass is 444 g/mol. The standard InChI is InChI=1S/C18H28N4O.HI/c1-13(22(3)14-7-5-4-6-8-14)12-20-18(19-2)21-16-11-15-9-10-17(16)23-15;/h4-8,13,15-17H,9-12H2,1-3H3,(H2,19,20,21);1H. The zero-order chi connectivity index (χ0) is 16.2. The molecule has 0 amide bonds.